The average Bonchev–Trinajstić information content (AvgIpc) is 1.98. The molecule has 0 spiro atoms. The number of ether oxygens (including phenoxy) is 2. The minimum absolute atomic E-state index is 0.278. The van der Waals surface area contributed by atoms with Crippen LogP contribution in [0.2, 0.25) is 0 Å². The minimum atomic E-state index is -0.278. The SMILES string of the molecule is CCOC(C)=NCCOC(C)=O. The summed E-state index contributed by atoms with van der Waals surface area (Å²) in [5.41, 5.74) is 0. The molecule has 0 heterocycles. The molecule has 0 unspecified atom stereocenters. The molecule has 0 fully saturated rings. The highest BCUT2D eigenvalue weighted by molar-refractivity contribution is 5.73. The molecule has 0 aromatic heterocycles. The number of hydrogen-bond donors (Lipinski definition) is 0. The molecule has 0 amide bonds. The molecule has 0 atom stereocenters. The van der Waals surface area contributed by atoms with Crippen molar-refractivity contribution < 1.29 is 14.3 Å². The predicted molar refractivity (Wildman–Crippen MR) is 46.2 cm³/mol. The van der Waals surface area contributed by atoms with Crippen LogP contribution < -0.4 is 0 Å². The van der Waals surface area contributed by atoms with Crippen LogP contribution in [0.25, 0.3) is 0 Å². The number of hydrogen-bond acceptors (Lipinski definition) is 4. The Balaban J connectivity index is 3.39. The van der Waals surface area contributed by atoms with Gasteiger partial charge in [0.15, 0.2) is 5.90 Å². The van der Waals surface area contributed by atoms with E-state index in [0.29, 0.717) is 25.7 Å². The zero-order valence-electron chi connectivity index (χ0n) is 7.79. The van der Waals surface area contributed by atoms with E-state index < -0.39 is 0 Å². The summed E-state index contributed by atoms with van der Waals surface area (Å²) in [6.45, 7) is 6.44. The Labute approximate surface area is 72.6 Å². The lowest BCUT2D eigenvalue weighted by Crippen LogP contribution is -2.06. The van der Waals surface area contributed by atoms with Gasteiger partial charge in [-0.1, -0.05) is 0 Å². The van der Waals surface area contributed by atoms with E-state index in [4.69, 9.17) is 4.74 Å². The van der Waals surface area contributed by atoms with Crippen LogP contribution in [0.3, 0.4) is 0 Å². The summed E-state index contributed by atoms with van der Waals surface area (Å²) < 4.78 is 9.73. The van der Waals surface area contributed by atoms with E-state index in [9.17, 15) is 4.79 Å². The number of esters is 1. The third-order valence-electron chi connectivity index (χ3n) is 1.08. The summed E-state index contributed by atoms with van der Waals surface area (Å²) in [5, 5.41) is 0. The first-order chi connectivity index (χ1) is 5.66. The first kappa shape index (κ1) is 10.9. The lowest BCUT2D eigenvalue weighted by molar-refractivity contribution is -0.140. The Morgan fingerprint density at radius 2 is 2.00 bits per heavy atom. The number of rotatable bonds is 4. The monoisotopic (exact) mass is 173 g/mol. The molecule has 12 heavy (non-hydrogen) atoms. The van der Waals surface area contributed by atoms with Gasteiger partial charge in [-0.05, 0) is 6.92 Å². The highest BCUT2D eigenvalue weighted by Gasteiger charge is 1.91. The van der Waals surface area contributed by atoms with Crippen LogP contribution in [-0.4, -0.2) is 31.6 Å². The third kappa shape index (κ3) is 7.05. The fourth-order valence-corrected chi connectivity index (χ4v) is 0.647. The van der Waals surface area contributed by atoms with Crippen molar-refractivity contribution in [2.24, 2.45) is 4.99 Å². The van der Waals surface area contributed by atoms with Crippen LogP contribution in [0.4, 0.5) is 0 Å². The van der Waals surface area contributed by atoms with Crippen molar-refractivity contribution in [3.8, 4) is 0 Å². The number of carbonyl (C=O) groups is 1. The van der Waals surface area contributed by atoms with E-state index in [1.54, 1.807) is 6.92 Å². The van der Waals surface area contributed by atoms with Gasteiger partial charge < -0.3 is 9.47 Å². The van der Waals surface area contributed by atoms with E-state index >= 15 is 0 Å². The summed E-state index contributed by atoms with van der Waals surface area (Å²) in [6.07, 6.45) is 0. The molecule has 0 aromatic rings. The molecule has 0 rings (SSSR count). The van der Waals surface area contributed by atoms with Crippen molar-refractivity contribution in [3.63, 3.8) is 0 Å². The Hall–Kier alpha value is -1.06. The van der Waals surface area contributed by atoms with E-state index in [0.717, 1.165) is 0 Å². The molecule has 4 heteroatoms. The van der Waals surface area contributed by atoms with Crippen LogP contribution in [0, 0.1) is 0 Å². The Kier molecular flexibility index (Phi) is 6.05. The minimum Gasteiger partial charge on any atom is -0.481 e. The second-order valence-electron chi connectivity index (χ2n) is 2.17. The maximum Gasteiger partial charge on any atom is 0.302 e. The van der Waals surface area contributed by atoms with Gasteiger partial charge in [0.25, 0.3) is 0 Å². The quantitative estimate of drug-likeness (QED) is 0.276. The lowest BCUT2D eigenvalue weighted by Gasteiger charge is -2.01. The number of aliphatic imine (C=N–C) groups is 1. The fraction of sp³-hybridized carbons (Fsp3) is 0.750. The molecular formula is C8H15NO3. The topological polar surface area (TPSA) is 47.9 Å². The normalized spacial score (nSPS) is 11.1. The molecule has 0 saturated heterocycles. The molecule has 0 aromatic carbocycles. The van der Waals surface area contributed by atoms with Crippen LogP contribution >= 0.6 is 0 Å². The maximum absolute atomic E-state index is 10.3. The largest absolute Gasteiger partial charge is 0.481 e. The number of carbonyl (C=O) groups excluding carboxylic acids is 1. The maximum atomic E-state index is 10.3. The Bertz CT molecular complexity index is 166. The fourth-order valence-electron chi connectivity index (χ4n) is 0.647. The van der Waals surface area contributed by atoms with Gasteiger partial charge in [-0.25, -0.2) is 0 Å². The molecule has 0 N–H and O–H groups in total. The summed E-state index contributed by atoms with van der Waals surface area (Å²) >= 11 is 0. The molecule has 4 nitrogen and oxygen atoms in total. The van der Waals surface area contributed by atoms with Crippen molar-refractivity contribution in [1.82, 2.24) is 0 Å². The molecule has 70 valence electrons. The van der Waals surface area contributed by atoms with Gasteiger partial charge in [-0.3, -0.25) is 9.79 Å². The van der Waals surface area contributed by atoms with E-state index in [1.807, 2.05) is 6.92 Å². The van der Waals surface area contributed by atoms with Crippen LogP contribution in [0.15, 0.2) is 4.99 Å². The van der Waals surface area contributed by atoms with Gasteiger partial charge in [-0.15, -0.1) is 0 Å². The summed E-state index contributed by atoms with van der Waals surface area (Å²) in [5.74, 6) is 0.351. The smallest absolute Gasteiger partial charge is 0.302 e. The summed E-state index contributed by atoms with van der Waals surface area (Å²) in [7, 11) is 0. The molecule has 0 aliphatic rings. The van der Waals surface area contributed by atoms with Crippen LogP contribution in [0.5, 0.6) is 0 Å². The second kappa shape index (κ2) is 6.64. The van der Waals surface area contributed by atoms with Gasteiger partial charge in [0.05, 0.1) is 13.2 Å². The second-order valence-corrected chi connectivity index (χ2v) is 2.17. The highest BCUT2D eigenvalue weighted by atomic mass is 16.5. The van der Waals surface area contributed by atoms with Crippen molar-refractivity contribution in [2.45, 2.75) is 20.8 Å². The van der Waals surface area contributed by atoms with Gasteiger partial charge in [0.1, 0.15) is 6.61 Å². The van der Waals surface area contributed by atoms with E-state index in [-0.39, 0.29) is 5.97 Å². The zero-order chi connectivity index (χ0) is 9.40. The van der Waals surface area contributed by atoms with Gasteiger partial charge >= 0.3 is 5.97 Å². The van der Waals surface area contributed by atoms with E-state index in [2.05, 4.69) is 9.73 Å². The van der Waals surface area contributed by atoms with Crippen LogP contribution in [-0.2, 0) is 14.3 Å². The predicted octanol–water partition coefficient (Wildman–Crippen LogP) is 1.00. The first-order valence-electron chi connectivity index (χ1n) is 3.94. The standard InChI is InChI=1S/C8H15NO3/c1-4-11-7(2)9-5-6-12-8(3)10/h4-6H2,1-3H3. The summed E-state index contributed by atoms with van der Waals surface area (Å²) in [4.78, 5) is 14.3. The van der Waals surface area contributed by atoms with Crippen LogP contribution in [0.1, 0.15) is 20.8 Å². The van der Waals surface area contributed by atoms with Crippen molar-refractivity contribution in [1.29, 1.82) is 0 Å². The number of nitrogens with zero attached hydrogens (tertiary/aromatic N) is 1. The summed E-state index contributed by atoms with van der Waals surface area (Å²) in [6, 6.07) is 0. The van der Waals surface area contributed by atoms with Crippen molar-refractivity contribution in [3.05, 3.63) is 0 Å². The van der Waals surface area contributed by atoms with Crippen molar-refractivity contribution in [2.75, 3.05) is 19.8 Å². The third-order valence-corrected chi connectivity index (χ3v) is 1.08. The average molecular weight is 173 g/mol. The molecule has 0 saturated carbocycles. The Morgan fingerprint density at radius 1 is 1.33 bits per heavy atom. The molecule has 0 aliphatic heterocycles. The molecule has 0 radical (unpaired) electrons. The molecular weight excluding hydrogens is 158 g/mol. The first-order valence-corrected chi connectivity index (χ1v) is 3.94. The Morgan fingerprint density at radius 3 is 2.50 bits per heavy atom. The lowest BCUT2D eigenvalue weighted by atomic mass is 10.6. The highest BCUT2D eigenvalue weighted by Crippen LogP contribution is 1.83. The van der Waals surface area contributed by atoms with E-state index in [1.165, 1.54) is 6.92 Å². The van der Waals surface area contributed by atoms with Crippen molar-refractivity contribution >= 4 is 11.9 Å². The molecule has 0 bridgehead atoms. The van der Waals surface area contributed by atoms with Gasteiger partial charge in [0.2, 0.25) is 0 Å². The van der Waals surface area contributed by atoms with Gasteiger partial charge in [0, 0.05) is 13.8 Å². The zero-order valence-corrected chi connectivity index (χ0v) is 7.79. The van der Waals surface area contributed by atoms with Gasteiger partial charge in [-0.2, -0.15) is 0 Å². The molecule has 0 aliphatic carbocycles.